The first kappa shape index (κ1) is 13.1. The van der Waals surface area contributed by atoms with Crippen molar-refractivity contribution in [1.82, 2.24) is 4.98 Å². The summed E-state index contributed by atoms with van der Waals surface area (Å²) >= 11 is 0. The summed E-state index contributed by atoms with van der Waals surface area (Å²) in [4.78, 5) is 3.89. The molecule has 1 heterocycles. The van der Waals surface area contributed by atoms with Crippen molar-refractivity contribution in [3.8, 4) is 0 Å². The van der Waals surface area contributed by atoms with Gasteiger partial charge in [0.25, 0.3) is 0 Å². The summed E-state index contributed by atoms with van der Waals surface area (Å²) in [6.45, 7) is 0. The molecule has 0 amide bonds. The molecule has 0 radical (unpaired) electrons. The summed E-state index contributed by atoms with van der Waals surface area (Å²) in [5.74, 6) is 0. The molecular weight excluding hydrogens is 257 g/mol. The molecule has 19 heavy (non-hydrogen) atoms. The number of hydrogen-bond donors (Lipinski definition) is 1. The summed E-state index contributed by atoms with van der Waals surface area (Å²) in [6.07, 6.45) is -3.11. The number of pyridine rings is 1. The summed E-state index contributed by atoms with van der Waals surface area (Å²) in [7, 11) is 0. The van der Waals surface area contributed by atoms with Gasteiger partial charge in [0, 0.05) is 11.8 Å². The third-order valence-corrected chi connectivity index (χ3v) is 2.50. The molecule has 0 saturated heterocycles. The van der Waals surface area contributed by atoms with Crippen molar-refractivity contribution in [2.75, 3.05) is 0 Å². The van der Waals surface area contributed by atoms with E-state index in [1.807, 2.05) is 0 Å². The van der Waals surface area contributed by atoms with Crippen LogP contribution in [0.3, 0.4) is 0 Å². The number of halogens is 3. The molecule has 0 aliphatic rings. The van der Waals surface area contributed by atoms with Crippen molar-refractivity contribution in [2.24, 2.45) is 5.16 Å². The van der Waals surface area contributed by atoms with E-state index in [0.29, 0.717) is 0 Å². The van der Waals surface area contributed by atoms with E-state index in [-0.39, 0.29) is 17.0 Å². The van der Waals surface area contributed by atoms with E-state index in [1.54, 1.807) is 12.1 Å². The van der Waals surface area contributed by atoms with E-state index in [1.165, 1.54) is 30.5 Å². The van der Waals surface area contributed by atoms with Crippen LogP contribution in [-0.2, 0) is 6.18 Å². The molecule has 0 aliphatic heterocycles. The molecule has 0 aliphatic carbocycles. The SMILES string of the molecule is O/N=C(\c1ccccn1)c1ccccc1C(F)(F)F. The lowest BCUT2D eigenvalue weighted by atomic mass is 10.00. The smallest absolute Gasteiger partial charge is 0.410 e. The zero-order valence-corrected chi connectivity index (χ0v) is 9.59. The van der Waals surface area contributed by atoms with E-state index in [4.69, 9.17) is 5.21 Å². The normalized spacial score (nSPS) is 12.5. The Labute approximate surface area is 107 Å². The third kappa shape index (κ3) is 2.73. The fourth-order valence-electron chi connectivity index (χ4n) is 1.68. The molecule has 0 unspecified atom stereocenters. The molecule has 1 N–H and O–H groups in total. The monoisotopic (exact) mass is 266 g/mol. The Morgan fingerprint density at radius 1 is 1.05 bits per heavy atom. The molecular formula is C13H9F3N2O. The number of alkyl halides is 3. The van der Waals surface area contributed by atoms with Crippen LogP contribution in [0.5, 0.6) is 0 Å². The van der Waals surface area contributed by atoms with E-state index < -0.39 is 11.7 Å². The van der Waals surface area contributed by atoms with E-state index in [9.17, 15) is 13.2 Å². The second-order valence-electron chi connectivity index (χ2n) is 3.71. The van der Waals surface area contributed by atoms with Gasteiger partial charge in [-0.3, -0.25) is 4.98 Å². The number of hydrogen-bond acceptors (Lipinski definition) is 3. The van der Waals surface area contributed by atoms with Gasteiger partial charge < -0.3 is 5.21 Å². The number of nitrogens with zero attached hydrogens (tertiary/aromatic N) is 2. The zero-order chi connectivity index (χ0) is 13.9. The Hall–Kier alpha value is -2.37. The van der Waals surface area contributed by atoms with Crippen molar-refractivity contribution in [1.29, 1.82) is 0 Å². The average molecular weight is 266 g/mol. The van der Waals surface area contributed by atoms with Crippen LogP contribution in [-0.4, -0.2) is 15.9 Å². The molecule has 1 aromatic heterocycles. The topological polar surface area (TPSA) is 45.5 Å². The highest BCUT2D eigenvalue weighted by Crippen LogP contribution is 2.32. The minimum absolute atomic E-state index is 0.168. The lowest BCUT2D eigenvalue weighted by Crippen LogP contribution is -2.15. The van der Waals surface area contributed by atoms with Crippen molar-refractivity contribution in [3.63, 3.8) is 0 Å². The first-order valence-electron chi connectivity index (χ1n) is 5.34. The summed E-state index contributed by atoms with van der Waals surface area (Å²) < 4.78 is 38.7. The van der Waals surface area contributed by atoms with Gasteiger partial charge >= 0.3 is 6.18 Å². The molecule has 6 heteroatoms. The number of oxime groups is 1. The van der Waals surface area contributed by atoms with Gasteiger partial charge in [-0.05, 0) is 18.2 Å². The Morgan fingerprint density at radius 3 is 2.32 bits per heavy atom. The number of benzene rings is 1. The average Bonchev–Trinajstić information content (AvgIpc) is 2.40. The largest absolute Gasteiger partial charge is 0.417 e. The molecule has 3 nitrogen and oxygen atoms in total. The standard InChI is InChI=1S/C13H9F3N2O/c14-13(15,16)10-6-2-1-5-9(10)12(18-19)11-7-3-4-8-17-11/h1-8,19H/b18-12-. The predicted molar refractivity (Wildman–Crippen MR) is 63.1 cm³/mol. The van der Waals surface area contributed by atoms with Gasteiger partial charge in [-0.1, -0.05) is 29.4 Å². The number of rotatable bonds is 2. The Bertz CT molecular complexity index is 594. The second-order valence-corrected chi connectivity index (χ2v) is 3.71. The minimum Gasteiger partial charge on any atom is -0.410 e. The summed E-state index contributed by atoms with van der Waals surface area (Å²) in [5, 5.41) is 12.0. The van der Waals surface area contributed by atoms with Gasteiger partial charge in [0.1, 0.15) is 5.71 Å². The van der Waals surface area contributed by atoms with Gasteiger partial charge in [0.15, 0.2) is 0 Å². The zero-order valence-electron chi connectivity index (χ0n) is 9.59. The van der Waals surface area contributed by atoms with E-state index in [0.717, 1.165) is 6.07 Å². The van der Waals surface area contributed by atoms with Crippen LogP contribution < -0.4 is 0 Å². The molecule has 0 fully saturated rings. The van der Waals surface area contributed by atoms with Crippen LogP contribution in [0, 0.1) is 0 Å². The van der Waals surface area contributed by atoms with Crippen LogP contribution in [0.15, 0.2) is 53.8 Å². The Balaban J connectivity index is 2.58. The van der Waals surface area contributed by atoms with Gasteiger partial charge in [-0.25, -0.2) is 0 Å². The van der Waals surface area contributed by atoms with Crippen LogP contribution in [0.2, 0.25) is 0 Å². The van der Waals surface area contributed by atoms with E-state index in [2.05, 4.69) is 10.1 Å². The molecule has 2 aromatic rings. The molecule has 0 atom stereocenters. The van der Waals surface area contributed by atoms with Crippen molar-refractivity contribution in [2.45, 2.75) is 6.18 Å². The predicted octanol–water partition coefficient (Wildman–Crippen LogP) is 3.33. The summed E-state index contributed by atoms with van der Waals surface area (Å²) in [6, 6.07) is 9.59. The first-order chi connectivity index (χ1) is 9.04. The molecule has 2 rings (SSSR count). The summed E-state index contributed by atoms with van der Waals surface area (Å²) in [5.41, 5.74) is -1.13. The third-order valence-electron chi connectivity index (χ3n) is 2.50. The first-order valence-corrected chi connectivity index (χ1v) is 5.34. The lowest BCUT2D eigenvalue weighted by molar-refractivity contribution is -0.137. The minimum atomic E-state index is -4.53. The lowest BCUT2D eigenvalue weighted by Gasteiger charge is -2.13. The molecule has 0 spiro atoms. The Morgan fingerprint density at radius 2 is 1.74 bits per heavy atom. The van der Waals surface area contributed by atoms with Gasteiger partial charge in [0.05, 0.1) is 11.3 Å². The Kier molecular flexibility index (Phi) is 3.50. The van der Waals surface area contributed by atoms with Crippen LogP contribution in [0.25, 0.3) is 0 Å². The highest BCUT2D eigenvalue weighted by molar-refractivity contribution is 6.12. The van der Waals surface area contributed by atoms with Crippen LogP contribution in [0.4, 0.5) is 13.2 Å². The van der Waals surface area contributed by atoms with Crippen LogP contribution in [0.1, 0.15) is 16.8 Å². The highest BCUT2D eigenvalue weighted by Gasteiger charge is 2.34. The van der Waals surface area contributed by atoms with Gasteiger partial charge in [-0.15, -0.1) is 0 Å². The van der Waals surface area contributed by atoms with E-state index >= 15 is 0 Å². The van der Waals surface area contributed by atoms with Crippen LogP contribution >= 0.6 is 0 Å². The van der Waals surface area contributed by atoms with Gasteiger partial charge in [0.2, 0.25) is 0 Å². The molecule has 0 bridgehead atoms. The van der Waals surface area contributed by atoms with Crippen molar-refractivity contribution >= 4 is 5.71 Å². The quantitative estimate of drug-likeness (QED) is 0.515. The fourth-order valence-corrected chi connectivity index (χ4v) is 1.68. The van der Waals surface area contributed by atoms with Crippen molar-refractivity contribution < 1.29 is 18.4 Å². The second kappa shape index (κ2) is 5.09. The maximum absolute atomic E-state index is 12.9. The van der Waals surface area contributed by atoms with Crippen molar-refractivity contribution in [3.05, 3.63) is 65.5 Å². The maximum atomic E-state index is 12.9. The maximum Gasteiger partial charge on any atom is 0.417 e. The highest BCUT2D eigenvalue weighted by atomic mass is 19.4. The molecule has 0 saturated carbocycles. The molecule has 1 aromatic carbocycles. The number of aromatic nitrogens is 1. The fraction of sp³-hybridized carbons (Fsp3) is 0.0769. The molecule has 98 valence electrons. The van der Waals surface area contributed by atoms with Gasteiger partial charge in [-0.2, -0.15) is 13.2 Å².